The van der Waals surface area contributed by atoms with Gasteiger partial charge in [0.1, 0.15) is 0 Å². The highest BCUT2D eigenvalue weighted by atomic mass is 15.1. The van der Waals surface area contributed by atoms with Crippen LogP contribution in [-0.4, -0.2) is 30.6 Å². The van der Waals surface area contributed by atoms with Gasteiger partial charge in [0.15, 0.2) is 0 Å². The highest BCUT2D eigenvalue weighted by Crippen LogP contribution is 2.37. The SMILES string of the molecule is CC1(C)CN[C@H]1C1CCN(Cc2ccccc2)CC1. The maximum absolute atomic E-state index is 3.65. The molecular weight excluding hydrogens is 232 g/mol. The van der Waals surface area contributed by atoms with Crippen LogP contribution in [-0.2, 0) is 6.54 Å². The van der Waals surface area contributed by atoms with E-state index >= 15 is 0 Å². The minimum Gasteiger partial charge on any atom is -0.313 e. The lowest BCUT2D eigenvalue weighted by Gasteiger charge is -2.51. The zero-order chi connectivity index (χ0) is 13.3. The van der Waals surface area contributed by atoms with Gasteiger partial charge in [0, 0.05) is 19.1 Å². The van der Waals surface area contributed by atoms with E-state index in [4.69, 9.17) is 0 Å². The largest absolute Gasteiger partial charge is 0.313 e. The molecule has 0 aromatic heterocycles. The molecule has 2 heterocycles. The Bertz CT molecular complexity index is 405. The quantitative estimate of drug-likeness (QED) is 0.897. The van der Waals surface area contributed by atoms with Gasteiger partial charge in [0.2, 0.25) is 0 Å². The lowest BCUT2D eigenvalue weighted by atomic mass is 9.68. The van der Waals surface area contributed by atoms with E-state index in [2.05, 4.69) is 54.4 Å². The van der Waals surface area contributed by atoms with Crippen LogP contribution < -0.4 is 5.32 Å². The van der Waals surface area contributed by atoms with E-state index in [1.54, 1.807) is 0 Å². The molecule has 1 atom stereocenters. The van der Waals surface area contributed by atoms with Crippen LogP contribution in [0.2, 0.25) is 0 Å². The molecule has 2 heteroatoms. The van der Waals surface area contributed by atoms with Gasteiger partial charge in [0.25, 0.3) is 0 Å². The van der Waals surface area contributed by atoms with E-state index in [1.807, 2.05) is 0 Å². The molecule has 3 rings (SSSR count). The monoisotopic (exact) mass is 258 g/mol. The number of piperidine rings is 1. The first-order valence-corrected chi connectivity index (χ1v) is 7.65. The summed E-state index contributed by atoms with van der Waals surface area (Å²) >= 11 is 0. The summed E-state index contributed by atoms with van der Waals surface area (Å²) in [6.07, 6.45) is 2.71. The van der Waals surface area contributed by atoms with Gasteiger partial charge in [-0.05, 0) is 42.8 Å². The Morgan fingerprint density at radius 2 is 1.84 bits per heavy atom. The van der Waals surface area contributed by atoms with Crippen LogP contribution >= 0.6 is 0 Å². The van der Waals surface area contributed by atoms with Gasteiger partial charge in [-0.1, -0.05) is 44.2 Å². The second-order valence-electron chi connectivity index (χ2n) is 6.95. The molecule has 2 nitrogen and oxygen atoms in total. The van der Waals surface area contributed by atoms with Crippen LogP contribution in [0.5, 0.6) is 0 Å². The first-order valence-electron chi connectivity index (χ1n) is 7.65. The Labute approximate surface area is 117 Å². The first kappa shape index (κ1) is 13.1. The maximum Gasteiger partial charge on any atom is 0.0233 e. The average molecular weight is 258 g/mol. The van der Waals surface area contributed by atoms with Crippen molar-refractivity contribution in [1.82, 2.24) is 10.2 Å². The number of nitrogens with one attached hydrogen (secondary N) is 1. The highest BCUT2D eigenvalue weighted by Gasteiger charge is 2.43. The zero-order valence-electron chi connectivity index (χ0n) is 12.2. The predicted octanol–water partition coefficient (Wildman–Crippen LogP) is 2.90. The molecule has 104 valence electrons. The molecule has 1 N–H and O–H groups in total. The van der Waals surface area contributed by atoms with Gasteiger partial charge in [-0.2, -0.15) is 0 Å². The van der Waals surface area contributed by atoms with Gasteiger partial charge in [0.05, 0.1) is 0 Å². The van der Waals surface area contributed by atoms with Crippen LogP contribution in [0.15, 0.2) is 30.3 Å². The molecule has 0 amide bonds. The van der Waals surface area contributed by atoms with Crippen LogP contribution in [0.3, 0.4) is 0 Å². The van der Waals surface area contributed by atoms with E-state index in [0.717, 1.165) is 18.5 Å². The molecule has 2 aliphatic rings. The Balaban J connectivity index is 1.50. The molecule has 0 aliphatic carbocycles. The summed E-state index contributed by atoms with van der Waals surface area (Å²) in [6, 6.07) is 11.6. The van der Waals surface area contributed by atoms with Gasteiger partial charge < -0.3 is 5.32 Å². The van der Waals surface area contributed by atoms with Crippen molar-refractivity contribution in [3.63, 3.8) is 0 Å². The topological polar surface area (TPSA) is 15.3 Å². The molecular formula is C17H26N2. The Hall–Kier alpha value is -0.860. The zero-order valence-corrected chi connectivity index (χ0v) is 12.2. The Kier molecular flexibility index (Phi) is 3.64. The molecule has 1 aromatic carbocycles. The number of rotatable bonds is 3. The van der Waals surface area contributed by atoms with E-state index in [0.29, 0.717) is 5.41 Å². The second-order valence-corrected chi connectivity index (χ2v) is 6.95. The predicted molar refractivity (Wildman–Crippen MR) is 80.0 cm³/mol. The van der Waals surface area contributed by atoms with Crippen molar-refractivity contribution in [2.24, 2.45) is 11.3 Å². The van der Waals surface area contributed by atoms with Gasteiger partial charge >= 0.3 is 0 Å². The first-order chi connectivity index (χ1) is 9.15. The Morgan fingerprint density at radius 1 is 1.16 bits per heavy atom. The third-order valence-electron chi connectivity index (χ3n) is 4.97. The summed E-state index contributed by atoms with van der Waals surface area (Å²) in [5, 5.41) is 3.65. The van der Waals surface area contributed by atoms with Crippen LogP contribution in [0.1, 0.15) is 32.3 Å². The van der Waals surface area contributed by atoms with E-state index in [-0.39, 0.29) is 0 Å². The third kappa shape index (κ3) is 2.85. The fourth-order valence-corrected chi connectivity index (χ4v) is 3.72. The minimum absolute atomic E-state index is 0.520. The molecule has 2 fully saturated rings. The minimum atomic E-state index is 0.520. The number of hydrogen-bond donors (Lipinski definition) is 1. The lowest BCUT2D eigenvalue weighted by Crippen LogP contribution is -2.63. The van der Waals surface area contributed by atoms with E-state index in [1.165, 1.54) is 38.0 Å². The number of benzene rings is 1. The summed E-state index contributed by atoms with van der Waals surface area (Å²) in [5.41, 5.74) is 1.97. The fourth-order valence-electron chi connectivity index (χ4n) is 3.72. The molecule has 19 heavy (non-hydrogen) atoms. The standard InChI is InChI=1S/C17H26N2/c1-17(2)13-18-16(17)15-8-10-19(11-9-15)12-14-6-4-3-5-7-14/h3-7,15-16,18H,8-13H2,1-2H3/t16-/m0/s1. The lowest BCUT2D eigenvalue weighted by molar-refractivity contribution is 0.0382. The van der Waals surface area contributed by atoms with Crippen LogP contribution in [0, 0.1) is 11.3 Å². The summed E-state index contributed by atoms with van der Waals surface area (Å²) in [6.45, 7) is 9.65. The number of nitrogens with zero attached hydrogens (tertiary/aromatic N) is 1. The number of likely N-dealkylation sites (tertiary alicyclic amines) is 1. The summed E-state index contributed by atoms with van der Waals surface area (Å²) in [5.74, 6) is 0.885. The van der Waals surface area contributed by atoms with Gasteiger partial charge in [-0.3, -0.25) is 4.90 Å². The van der Waals surface area contributed by atoms with Gasteiger partial charge in [-0.25, -0.2) is 0 Å². The molecule has 0 bridgehead atoms. The molecule has 2 aliphatic heterocycles. The molecule has 0 unspecified atom stereocenters. The van der Waals surface area contributed by atoms with Crippen molar-refractivity contribution < 1.29 is 0 Å². The van der Waals surface area contributed by atoms with Crippen molar-refractivity contribution in [2.45, 2.75) is 39.3 Å². The highest BCUT2D eigenvalue weighted by molar-refractivity contribution is 5.14. The summed E-state index contributed by atoms with van der Waals surface area (Å²) in [4.78, 5) is 2.61. The fraction of sp³-hybridized carbons (Fsp3) is 0.647. The molecule has 0 saturated carbocycles. The summed E-state index contributed by atoms with van der Waals surface area (Å²) in [7, 11) is 0. The Morgan fingerprint density at radius 3 is 2.37 bits per heavy atom. The van der Waals surface area contributed by atoms with Crippen LogP contribution in [0.4, 0.5) is 0 Å². The molecule has 0 spiro atoms. The molecule has 2 saturated heterocycles. The second kappa shape index (κ2) is 5.26. The smallest absolute Gasteiger partial charge is 0.0233 e. The van der Waals surface area contributed by atoms with Crippen LogP contribution in [0.25, 0.3) is 0 Å². The number of hydrogen-bond acceptors (Lipinski definition) is 2. The molecule has 0 radical (unpaired) electrons. The normalized spacial score (nSPS) is 28.0. The van der Waals surface area contributed by atoms with Crippen molar-refractivity contribution in [1.29, 1.82) is 0 Å². The maximum atomic E-state index is 3.65. The van der Waals surface area contributed by atoms with Crippen molar-refractivity contribution in [3.05, 3.63) is 35.9 Å². The third-order valence-corrected chi connectivity index (χ3v) is 4.97. The van der Waals surface area contributed by atoms with E-state index < -0.39 is 0 Å². The van der Waals surface area contributed by atoms with Crippen molar-refractivity contribution in [3.8, 4) is 0 Å². The summed E-state index contributed by atoms with van der Waals surface area (Å²) < 4.78 is 0. The van der Waals surface area contributed by atoms with Crippen molar-refractivity contribution in [2.75, 3.05) is 19.6 Å². The van der Waals surface area contributed by atoms with Gasteiger partial charge in [-0.15, -0.1) is 0 Å². The van der Waals surface area contributed by atoms with E-state index in [9.17, 15) is 0 Å². The molecule has 1 aromatic rings. The average Bonchev–Trinajstić information content (AvgIpc) is 2.41. The van der Waals surface area contributed by atoms with Crippen molar-refractivity contribution >= 4 is 0 Å².